The number of ether oxygens (including phenoxy) is 1. The highest BCUT2D eigenvalue weighted by Crippen LogP contribution is 2.34. The Morgan fingerprint density at radius 3 is 2.29 bits per heavy atom. The molecule has 1 aromatic carbocycles. The molecule has 0 heterocycles. The van der Waals surface area contributed by atoms with Gasteiger partial charge in [0, 0.05) is 12.1 Å². The monoisotopic (exact) mass is 420 g/mol. The lowest BCUT2D eigenvalue weighted by Gasteiger charge is -2.20. The number of amides is 1. The van der Waals surface area contributed by atoms with Crippen LogP contribution in [0.15, 0.2) is 21.1 Å². The van der Waals surface area contributed by atoms with Crippen molar-refractivity contribution in [1.82, 2.24) is 10.6 Å². The topological polar surface area (TPSA) is 50.4 Å². The maximum absolute atomic E-state index is 11.7. The molecule has 4 nitrogen and oxygen atoms in total. The van der Waals surface area contributed by atoms with Gasteiger partial charge in [-0.05, 0) is 77.3 Å². The Balaban J connectivity index is 2.55. The van der Waals surface area contributed by atoms with Crippen LogP contribution in [0.5, 0.6) is 5.75 Å². The van der Waals surface area contributed by atoms with Crippen LogP contribution in [-0.2, 0) is 11.3 Å². The summed E-state index contributed by atoms with van der Waals surface area (Å²) in [7, 11) is 0. The van der Waals surface area contributed by atoms with Crippen molar-refractivity contribution < 1.29 is 9.53 Å². The Kier molecular flexibility index (Phi) is 7.16. The zero-order valence-corrected chi connectivity index (χ0v) is 16.0. The number of benzene rings is 1. The van der Waals surface area contributed by atoms with Gasteiger partial charge in [0.25, 0.3) is 0 Å². The SMILES string of the molecule is CCOc1c(Br)cc(CNCC(=O)NC(C)(C)C)cc1Br. The van der Waals surface area contributed by atoms with E-state index in [1.807, 2.05) is 39.8 Å². The first kappa shape index (κ1) is 18.5. The standard InChI is InChI=1S/C15H22Br2N2O2/c1-5-21-14-11(16)6-10(7-12(14)17)8-18-9-13(20)19-15(2,3)4/h6-7,18H,5,8-9H2,1-4H3,(H,19,20). The molecule has 1 rings (SSSR count). The molecule has 0 saturated heterocycles. The minimum Gasteiger partial charge on any atom is -0.492 e. The van der Waals surface area contributed by atoms with E-state index >= 15 is 0 Å². The van der Waals surface area contributed by atoms with E-state index in [1.54, 1.807) is 0 Å². The summed E-state index contributed by atoms with van der Waals surface area (Å²) in [5.41, 5.74) is 0.866. The maximum Gasteiger partial charge on any atom is 0.234 e. The minimum atomic E-state index is -0.204. The molecule has 0 radical (unpaired) electrons. The normalized spacial score (nSPS) is 11.3. The molecule has 21 heavy (non-hydrogen) atoms. The third-order valence-electron chi connectivity index (χ3n) is 2.48. The fourth-order valence-electron chi connectivity index (χ4n) is 1.78. The Hall–Kier alpha value is -0.590. The molecule has 0 aliphatic rings. The zero-order chi connectivity index (χ0) is 16.0. The minimum absolute atomic E-state index is 0.00781. The number of carbonyl (C=O) groups excluding carboxylic acids is 1. The van der Waals surface area contributed by atoms with Gasteiger partial charge in [0.15, 0.2) is 0 Å². The molecule has 0 unspecified atom stereocenters. The molecule has 0 saturated carbocycles. The first-order valence-corrected chi connectivity index (χ1v) is 8.44. The summed E-state index contributed by atoms with van der Waals surface area (Å²) in [6, 6.07) is 3.98. The van der Waals surface area contributed by atoms with Crippen LogP contribution in [0.2, 0.25) is 0 Å². The van der Waals surface area contributed by atoms with Gasteiger partial charge in [-0.2, -0.15) is 0 Å². The van der Waals surface area contributed by atoms with Gasteiger partial charge in [-0.1, -0.05) is 0 Å². The van der Waals surface area contributed by atoms with Crippen LogP contribution in [0.1, 0.15) is 33.3 Å². The summed E-state index contributed by atoms with van der Waals surface area (Å²) in [4.78, 5) is 11.7. The van der Waals surface area contributed by atoms with Crippen LogP contribution < -0.4 is 15.4 Å². The van der Waals surface area contributed by atoms with Gasteiger partial charge >= 0.3 is 0 Å². The smallest absolute Gasteiger partial charge is 0.234 e. The average Bonchev–Trinajstić information content (AvgIpc) is 2.31. The van der Waals surface area contributed by atoms with Gasteiger partial charge in [-0.3, -0.25) is 4.79 Å². The predicted octanol–water partition coefficient (Wildman–Crippen LogP) is 3.61. The van der Waals surface area contributed by atoms with E-state index in [0.717, 1.165) is 20.3 Å². The van der Waals surface area contributed by atoms with Gasteiger partial charge in [0.05, 0.1) is 22.1 Å². The first-order chi connectivity index (χ1) is 9.73. The second-order valence-corrected chi connectivity index (χ2v) is 7.43. The highest BCUT2D eigenvalue weighted by molar-refractivity contribution is 9.11. The van der Waals surface area contributed by atoms with Crippen molar-refractivity contribution in [3.63, 3.8) is 0 Å². The Bertz CT molecular complexity index is 476. The predicted molar refractivity (Wildman–Crippen MR) is 92.6 cm³/mol. The molecule has 1 aromatic rings. The van der Waals surface area contributed by atoms with E-state index in [-0.39, 0.29) is 11.4 Å². The summed E-state index contributed by atoms with van der Waals surface area (Å²) < 4.78 is 7.34. The molecular formula is C15H22Br2N2O2. The first-order valence-electron chi connectivity index (χ1n) is 6.85. The summed E-state index contributed by atoms with van der Waals surface area (Å²) in [6.07, 6.45) is 0. The van der Waals surface area contributed by atoms with Crippen LogP contribution in [0.3, 0.4) is 0 Å². The lowest BCUT2D eigenvalue weighted by molar-refractivity contribution is -0.121. The molecule has 6 heteroatoms. The zero-order valence-electron chi connectivity index (χ0n) is 12.8. The highest BCUT2D eigenvalue weighted by Gasteiger charge is 2.13. The lowest BCUT2D eigenvalue weighted by Crippen LogP contribution is -2.44. The summed E-state index contributed by atoms with van der Waals surface area (Å²) in [5.74, 6) is 0.790. The number of halogens is 2. The van der Waals surface area contributed by atoms with Crippen molar-refractivity contribution in [3.8, 4) is 5.75 Å². The van der Waals surface area contributed by atoms with Crippen LogP contribution in [0.25, 0.3) is 0 Å². The van der Waals surface area contributed by atoms with Crippen molar-refractivity contribution in [3.05, 3.63) is 26.6 Å². The maximum atomic E-state index is 11.7. The molecule has 2 N–H and O–H groups in total. The molecule has 0 aromatic heterocycles. The van der Waals surface area contributed by atoms with Crippen LogP contribution in [0, 0.1) is 0 Å². The van der Waals surface area contributed by atoms with E-state index < -0.39 is 0 Å². The van der Waals surface area contributed by atoms with Crippen molar-refractivity contribution in [2.45, 2.75) is 39.8 Å². The van der Waals surface area contributed by atoms with Crippen molar-refractivity contribution in [1.29, 1.82) is 0 Å². The Morgan fingerprint density at radius 2 is 1.81 bits per heavy atom. The molecule has 118 valence electrons. The molecule has 0 aliphatic heterocycles. The van der Waals surface area contributed by atoms with Crippen molar-refractivity contribution in [2.75, 3.05) is 13.2 Å². The summed E-state index contributed by atoms with van der Waals surface area (Å²) >= 11 is 7.00. The van der Waals surface area contributed by atoms with E-state index in [4.69, 9.17) is 4.74 Å². The van der Waals surface area contributed by atoms with Crippen LogP contribution >= 0.6 is 31.9 Å². The van der Waals surface area contributed by atoms with Gasteiger partial charge in [-0.15, -0.1) is 0 Å². The molecule has 0 atom stereocenters. The molecule has 1 amide bonds. The molecule has 0 spiro atoms. The van der Waals surface area contributed by atoms with E-state index in [9.17, 15) is 4.79 Å². The lowest BCUT2D eigenvalue weighted by atomic mass is 10.1. The van der Waals surface area contributed by atoms with Gasteiger partial charge in [0.1, 0.15) is 5.75 Å². The third kappa shape index (κ3) is 6.80. The molecule has 0 fully saturated rings. The second-order valence-electron chi connectivity index (χ2n) is 5.72. The number of rotatable bonds is 6. The Labute approximate surface area is 143 Å². The largest absolute Gasteiger partial charge is 0.492 e. The van der Waals surface area contributed by atoms with Crippen molar-refractivity contribution >= 4 is 37.8 Å². The van der Waals surface area contributed by atoms with Crippen LogP contribution in [-0.4, -0.2) is 24.6 Å². The number of nitrogens with one attached hydrogen (secondary N) is 2. The summed E-state index contributed by atoms with van der Waals surface area (Å²) in [5, 5.41) is 6.05. The fraction of sp³-hybridized carbons (Fsp3) is 0.533. The molecule has 0 aliphatic carbocycles. The number of hydrogen-bond acceptors (Lipinski definition) is 3. The van der Waals surface area contributed by atoms with E-state index in [2.05, 4.69) is 42.5 Å². The fourth-order valence-corrected chi connectivity index (χ4v) is 3.29. The van der Waals surface area contributed by atoms with Crippen LogP contribution in [0.4, 0.5) is 0 Å². The van der Waals surface area contributed by atoms with E-state index in [0.29, 0.717) is 19.7 Å². The average molecular weight is 422 g/mol. The third-order valence-corrected chi connectivity index (χ3v) is 3.65. The quantitative estimate of drug-likeness (QED) is 0.737. The van der Waals surface area contributed by atoms with Gasteiger partial charge in [0.2, 0.25) is 5.91 Å². The van der Waals surface area contributed by atoms with Crippen molar-refractivity contribution in [2.24, 2.45) is 0 Å². The summed E-state index contributed by atoms with van der Waals surface area (Å²) in [6.45, 7) is 9.35. The number of hydrogen-bond donors (Lipinski definition) is 2. The van der Waals surface area contributed by atoms with Gasteiger partial charge < -0.3 is 15.4 Å². The van der Waals surface area contributed by atoms with E-state index in [1.165, 1.54) is 0 Å². The van der Waals surface area contributed by atoms with Gasteiger partial charge in [-0.25, -0.2) is 0 Å². The molecule has 0 bridgehead atoms. The Morgan fingerprint density at radius 1 is 1.24 bits per heavy atom. The molecular weight excluding hydrogens is 400 g/mol. The second kappa shape index (κ2) is 8.15. The number of carbonyl (C=O) groups is 1. The highest BCUT2D eigenvalue weighted by atomic mass is 79.9.